The van der Waals surface area contributed by atoms with Gasteiger partial charge in [-0.1, -0.05) is 33.1 Å². The largest absolute Gasteiger partial charge is 0.396 e. The average Bonchev–Trinajstić information content (AvgIpc) is 2.27. The van der Waals surface area contributed by atoms with Gasteiger partial charge in [0.25, 0.3) is 0 Å². The SMILES string of the molecule is CC(C)(CCO)CNC(=O)C1(N)CCCCC1. The van der Waals surface area contributed by atoms with Crippen LogP contribution in [0.4, 0.5) is 0 Å². The maximum Gasteiger partial charge on any atom is 0.240 e. The van der Waals surface area contributed by atoms with Crippen molar-refractivity contribution >= 4 is 5.91 Å². The van der Waals surface area contributed by atoms with E-state index < -0.39 is 5.54 Å². The lowest BCUT2D eigenvalue weighted by Crippen LogP contribution is -2.56. The molecule has 0 aromatic heterocycles. The Balaban J connectivity index is 2.43. The second kappa shape index (κ2) is 5.83. The maximum atomic E-state index is 12.1. The van der Waals surface area contributed by atoms with E-state index >= 15 is 0 Å². The topological polar surface area (TPSA) is 75.3 Å². The molecule has 0 atom stereocenters. The van der Waals surface area contributed by atoms with E-state index in [9.17, 15) is 4.79 Å². The first kappa shape index (κ1) is 14.5. The van der Waals surface area contributed by atoms with Crippen molar-refractivity contribution in [1.29, 1.82) is 0 Å². The Hall–Kier alpha value is -0.610. The quantitative estimate of drug-likeness (QED) is 0.677. The second-order valence-electron chi connectivity index (χ2n) is 6.04. The minimum atomic E-state index is -0.659. The molecular formula is C13H26N2O2. The van der Waals surface area contributed by atoms with E-state index in [2.05, 4.69) is 5.32 Å². The van der Waals surface area contributed by atoms with Gasteiger partial charge in [-0.3, -0.25) is 4.79 Å². The molecule has 0 unspecified atom stereocenters. The highest BCUT2D eigenvalue weighted by Gasteiger charge is 2.35. The molecule has 1 fully saturated rings. The normalized spacial score (nSPS) is 20.0. The van der Waals surface area contributed by atoms with Gasteiger partial charge in [-0.05, 0) is 24.7 Å². The number of hydrogen-bond acceptors (Lipinski definition) is 3. The van der Waals surface area contributed by atoms with E-state index in [0.29, 0.717) is 13.0 Å². The third-order valence-corrected chi connectivity index (χ3v) is 3.71. The molecule has 0 heterocycles. The lowest BCUT2D eigenvalue weighted by Gasteiger charge is -2.33. The van der Waals surface area contributed by atoms with Crippen LogP contribution in [-0.4, -0.2) is 29.7 Å². The van der Waals surface area contributed by atoms with Gasteiger partial charge >= 0.3 is 0 Å². The molecule has 0 saturated heterocycles. The lowest BCUT2D eigenvalue weighted by atomic mass is 9.81. The van der Waals surface area contributed by atoms with Crippen LogP contribution < -0.4 is 11.1 Å². The van der Waals surface area contributed by atoms with Gasteiger partial charge in [-0.15, -0.1) is 0 Å². The van der Waals surface area contributed by atoms with Crippen molar-refractivity contribution in [1.82, 2.24) is 5.32 Å². The van der Waals surface area contributed by atoms with Gasteiger partial charge in [0, 0.05) is 13.2 Å². The molecule has 1 saturated carbocycles. The van der Waals surface area contributed by atoms with E-state index in [0.717, 1.165) is 25.7 Å². The lowest BCUT2D eigenvalue weighted by molar-refractivity contribution is -0.128. The Kier molecular flexibility index (Phi) is 4.95. The van der Waals surface area contributed by atoms with Gasteiger partial charge in [0.2, 0.25) is 5.91 Å². The molecule has 0 aromatic carbocycles. The smallest absolute Gasteiger partial charge is 0.240 e. The number of aliphatic hydroxyl groups excluding tert-OH is 1. The zero-order valence-electron chi connectivity index (χ0n) is 11.1. The van der Waals surface area contributed by atoms with Gasteiger partial charge in [0.15, 0.2) is 0 Å². The Labute approximate surface area is 104 Å². The summed E-state index contributed by atoms with van der Waals surface area (Å²) < 4.78 is 0. The monoisotopic (exact) mass is 242 g/mol. The molecule has 4 heteroatoms. The van der Waals surface area contributed by atoms with Gasteiger partial charge in [-0.25, -0.2) is 0 Å². The van der Waals surface area contributed by atoms with Crippen LogP contribution in [0, 0.1) is 5.41 Å². The number of rotatable bonds is 5. The molecule has 4 N–H and O–H groups in total. The van der Waals surface area contributed by atoms with Crippen molar-refractivity contribution in [3.05, 3.63) is 0 Å². The molecule has 1 amide bonds. The highest BCUT2D eigenvalue weighted by atomic mass is 16.3. The standard InChI is InChI=1S/C13H26N2O2/c1-12(2,8-9-16)10-15-11(17)13(14)6-4-3-5-7-13/h16H,3-10,14H2,1-2H3,(H,15,17). The summed E-state index contributed by atoms with van der Waals surface area (Å²) in [7, 11) is 0. The summed E-state index contributed by atoms with van der Waals surface area (Å²) >= 11 is 0. The van der Waals surface area contributed by atoms with E-state index in [1.54, 1.807) is 0 Å². The summed E-state index contributed by atoms with van der Waals surface area (Å²) in [6, 6.07) is 0. The van der Waals surface area contributed by atoms with Crippen LogP contribution in [0.1, 0.15) is 52.4 Å². The predicted octanol–water partition coefficient (Wildman–Crippen LogP) is 1.17. The number of aliphatic hydroxyl groups is 1. The molecule has 17 heavy (non-hydrogen) atoms. The minimum absolute atomic E-state index is 0.0248. The zero-order valence-corrected chi connectivity index (χ0v) is 11.1. The fourth-order valence-electron chi connectivity index (χ4n) is 2.30. The van der Waals surface area contributed by atoms with Crippen molar-refractivity contribution < 1.29 is 9.90 Å². The molecule has 1 rings (SSSR count). The van der Waals surface area contributed by atoms with Gasteiger partial charge < -0.3 is 16.2 Å². The Morgan fingerprint density at radius 3 is 2.47 bits per heavy atom. The van der Waals surface area contributed by atoms with Crippen molar-refractivity contribution in [2.24, 2.45) is 11.1 Å². The van der Waals surface area contributed by atoms with E-state index in [1.165, 1.54) is 6.42 Å². The summed E-state index contributed by atoms with van der Waals surface area (Å²) in [5.41, 5.74) is 5.41. The van der Waals surface area contributed by atoms with Crippen LogP contribution in [0.3, 0.4) is 0 Å². The van der Waals surface area contributed by atoms with Crippen LogP contribution in [0.2, 0.25) is 0 Å². The fourth-order valence-corrected chi connectivity index (χ4v) is 2.30. The molecule has 0 radical (unpaired) electrons. The number of carbonyl (C=O) groups is 1. The summed E-state index contributed by atoms with van der Waals surface area (Å²) in [6.07, 6.45) is 5.54. The van der Waals surface area contributed by atoms with Crippen molar-refractivity contribution in [2.75, 3.05) is 13.2 Å². The zero-order chi connectivity index (χ0) is 12.9. The van der Waals surface area contributed by atoms with Crippen LogP contribution in [0.15, 0.2) is 0 Å². The fraction of sp³-hybridized carbons (Fsp3) is 0.923. The first-order valence-electron chi connectivity index (χ1n) is 6.58. The van der Waals surface area contributed by atoms with E-state index in [-0.39, 0.29) is 17.9 Å². The third kappa shape index (κ3) is 4.28. The van der Waals surface area contributed by atoms with E-state index in [1.807, 2.05) is 13.8 Å². The Morgan fingerprint density at radius 1 is 1.35 bits per heavy atom. The first-order valence-corrected chi connectivity index (χ1v) is 6.58. The van der Waals surface area contributed by atoms with Gasteiger partial charge in [0.05, 0.1) is 5.54 Å². The molecule has 0 aliphatic heterocycles. The molecule has 0 bridgehead atoms. The molecule has 100 valence electrons. The number of nitrogens with one attached hydrogen (secondary N) is 1. The summed E-state index contributed by atoms with van der Waals surface area (Å²) in [4.78, 5) is 12.1. The van der Waals surface area contributed by atoms with Crippen molar-refractivity contribution in [2.45, 2.75) is 57.9 Å². The van der Waals surface area contributed by atoms with Crippen LogP contribution in [0.5, 0.6) is 0 Å². The first-order chi connectivity index (χ1) is 7.90. The maximum absolute atomic E-state index is 12.1. The van der Waals surface area contributed by atoms with E-state index in [4.69, 9.17) is 10.8 Å². The molecule has 0 spiro atoms. The molecule has 1 aliphatic rings. The minimum Gasteiger partial charge on any atom is -0.396 e. The van der Waals surface area contributed by atoms with Crippen LogP contribution in [-0.2, 0) is 4.79 Å². The Morgan fingerprint density at radius 2 is 1.94 bits per heavy atom. The summed E-state index contributed by atoms with van der Waals surface area (Å²) in [5.74, 6) is -0.0248. The Bertz CT molecular complexity index is 258. The van der Waals surface area contributed by atoms with Gasteiger partial charge in [-0.2, -0.15) is 0 Å². The predicted molar refractivity (Wildman–Crippen MR) is 68.5 cm³/mol. The number of amides is 1. The number of hydrogen-bond donors (Lipinski definition) is 3. The average molecular weight is 242 g/mol. The van der Waals surface area contributed by atoms with Crippen LogP contribution in [0.25, 0.3) is 0 Å². The molecule has 1 aliphatic carbocycles. The number of carbonyl (C=O) groups excluding carboxylic acids is 1. The second-order valence-corrected chi connectivity index (χ2v) is 6.04. The molecule has 4 nitrogen and oxygen atoms in total. The molecule has 0 aromatic rings. The molecular weight excluding hydrogens is 216 g/mol. The number of nitrogens with two attached hydrogens (primary N) is 1. The van der Waals surface area contributed by atoms with Gasteiger partial charge in [0.1, 0.15) is 0 Å². The van der Waals surface area contributed by atoms with Crippen molar-refractivity contribution in [3.63, 3.8) is 0 Å². The van der Waals surface area contributed by atoms with Crippen LogP contribution >= 0.6 is 0 Å². The summed E-state index contributed by atoms with van der Waals surface area (Å²) in [6.45, 7) is 4.79. The summed E-state index contributed by atoms with van der Waals surface area (Å²) in [5, 5.41) is 11.9. The van der Waals surface area contributed by atoms with Crippen molar-refractivity contribution in [3.8, 4) is 0 Å². The highest BCUT2D eigenvalue weighted by Crippen LogP contribution is 2.26. The highest BCUT2D eigenvalue weighted by molar-refractivity contribution is 5.86. The third-order valence-electron chi connectivity index (χ3n) is 3.71.